The first kappa shape index (κ1) is 11.8. The number of hydrogen-bond donors (Lipinski definition) is 1. The highest BCUT2D eigenvalue weighted by Crippen LogP contribution is 2.27. The van der Waals surface area contributed by atoms with E-state index in [4.69, 9.17) is 0 Å². The molecule has 0 unspecified atom stereocenters. The van der Waals surface area contributed by atoms with Gasteiger partial charge in [0.1, 0.15) is 0 Å². The SMILES string of the molecule is CC(C)NC(=O)c1ccc(-c2cccnc2)s1. The summed E-state index contributed by atoms with van der Waals surface area (Å²) in [5.74, 6) is -0.0138. The van der Waals surface area contributed by atoms with E-state index in [1.54, 1.807) is 12.4 Å². The predicted octanol–water partition coefficient (Wildman–Crippen LogP) is 2.95. The highest BCUT2D eigenvalue weighted by Gasteiger charge is 2.10. The monoisotopic (exact) mass is 246 g/mol. The molecule has 0 bridgehead atoms. The van der Waals surface area contributed by atoms with E-state index in [0.717, 1.165) is 15.3 Å². The summed E-state index contributed by atoms with van der Waals surface area (Å²) < 4.78 is 0. The number of nitrogens with zero attached hydrogens (tertiary/aromatic N) is 1. The summed E-state index contributed by atoms with van der Waals surface area (Å²) in [7, 11) is 0. The quantitative estimate of drug-likeness (QED) is 0.904. The van der Waals surface area contributed by atoms with Crippen LogP contribution in [0.25, 0.3) is 10.4 Å². The molecule has 0 aliphatic carbocycles. The van der Waals surface area contributed by atoms with E-state index in [2.05, 4.69) is 10.3 Å². The van der Waals surface area contributed by atoms with Crippen molar-refractivity contribution in [2.45, 2.75) is 19.9 Å². The van der Waals surface area contributed by atoms with E-state index in [1.807, 2.05) is 38.1 Å². The lowest BCUT2D eigenvalue weighted by molar-refractivity contribution is 0.0947. The average Bonchev–Trinajstić information content (AvgIpc) is 2.78. The van der Waals surface area contributed by atoms with Gasteiger partial charge in [-0.15, -0.1) is 11.3 Å². The molecule has 3 nitrogen and oxygen atoms in total. The van der Waals surface area contributed by atoms with Gasteiger partial charge in [0.2, 0.25) is 0 Å². The summed E-state index contributed by atoms with van der Waals surface area (Å²) in [5, 5.41) is 2.88. The number of nitrogens with one attached hydrogen (secondary N) is 1. The van der Waals surface area contributed by atoms with Crippen LogP contribution in [0.5, 0.6) is 0 Å². The Balaban J connectivity index is 2.19. The molecule has 1 N–H and O–H groups in total. The summed E-state index contributed by atoms with van der Waals surface area (Å²) in [4.78, 5) is 17.6. The van der Waals surface area contributed by atoms with Crippen molar-refractivity contribution in [1.82, 2.24) is 10.3 Å². The molecule has 88 valence electrons. The van der Waals surface area contributed by atoms with Crippen LogP contribution in [0.4, 0.5) is 0 Å². The fourth-order valence-electron chi connectivity index (χ4n) is 1.46. The summed E-state index contributed by atoms with van der Waals surface area (Å²) in [6.07, 6.45) is 3.54. The fraction of sp³-hybridized carbons (Fsp3) is 0.231. The van der Waals surface area contributed by atoms with Crippen molar-refractivity contribution >= 4 is 17.2 Å². The van der Waals surface area contributed by atoms with Crippen molar-refractivity contribution in [2.75, 3.05) is 0 Å². The molecule has 0 aliphatic rings. The van der Waals surface area contributed by atoms with Gasteiger partial charge in [-0.3, -0.25) is 9.78 Å². The minimum absolute atomic E-state index is 0.0138. The van der Waals surface area contributed by atoms with Crippen molar-refractivity contribution in [2.24, 2.45) is 0 Å². The van der Waals surface area contributed by atoms with Gasteiger partial charge in [0.25, 0.3) is 5.91 Å². The summed E-state index contributed by atoms with van der Waals surface area (Å²) in [5.41, 5.74) is 1.04. The van der Waals surface area contributed by atoms with E-state index in [9.17, 15) is 4.79 Å². The number of carbonyl (C=O) groups excluding carboxylic acids is 1. The van der Waals surface area contributed by atoms with Gasteiger partial charge in [0, 0.05) is 28.9 Å². The Labute approximate surface area is 105 Å². The summed E-state index contributed by atoms with van der Waals surface area (Å²) in [6, 6.07) is 7.85. The minimum atomic E-state index is -0.0138. The van der Waals surface area contributed by atoms with Crippen LogP contribution >= 0.6 is 11.3 Å². The molecule has 2 rings (SSSR count). The standard InChI is InChI=1S/C13H14N2OS/c1-9(2)15-13(16)12-6-5-11(17-12)10-4-3-7-14-8-10/h3-9H,1-2H3,(H,15,16). The molecule has 4 heteroatoms. The third-order valence-electron chi connectivity index (χ3n) is 2.20. The summed E-state index contributed by atoms with van der Waals surface area (Å²) >= 11 is 1.48. The normalized spacial score (nSPS) is 10.5. The van der Waals surface area contributed by atoms with E-state index in [0.29, 0.717) is 0 Å². The molecule has 17 heavy (non-hydrogen) atoms. The zero-order valence-corrected chi connectivity index (χ0v) is 10.6. The lowest BCUT2D eigenvalue weighted by Gasteiger charge is -2.05. The van der Waals surface area contributed by atoms with Crippen LogP contribution in [0.1, 0.15) is 23.5 Å². The molecule has 2 aromatic heterocycles. The number of amides is 1. The molecule has 0 aliphatic heterocycles. The lowest BCUT2D eigenvalue weighted by Crippen LogP contribution is -2.29. The molecule has 0 radical (unpaired) electrons. The van der Waals surface area contributed by atoms with Gasteiger partial charge in [0.15, 0.2) is 0 Å². The van der Waals surface area contributed by atoms with Crippen LogP contribution in [-0.4, -0.2) is 16.9 Å². The smallest absolute Gasteiger partial charge is 0.261 e. The van der Waals surface area contributed by atoms with E-state index < -0.39 is 0 Å². The van der Waals surface area contributed by atoms with Crippen LogP contribution < -0.4 is 5.32 Å². The molecule has 0 atom stereocenters. The average molecular weight is 246 g/mol. The topological polar surface area (TPSA) is 42.0 Å². The number of carbonyl (C=O) groups is 1. The lowest BCUT2D eigenvalue weighted by atomic mass is 10.2. The summed E-state index contributed by atoms with van der Waals surface area (Å²) in [6.45, 7) is 3.90. The number of aromatic nitrogens is 1. The Morgan fingerprint density at radius 2 is 2.18 bits per heavy atom. The van der Waals surface area contributed by atoms with E-state index in [1.165, 1.54) is 11.3 Å². The van der Waals surface area contributed by atoms with Gasteiger partial charge in [0.05, 0.1) is 4.88 Å². The number of thiophene rings is 1. The van der Waals surface area contributed by atoms with Crippen LogP contribution in [-0.2, 0) is 0 Å². The largest absolute Gasteiger partial charge is 0.349 e. The van der Waals surface area contributed by atoms with Gasteiger partial charge in [-0.2, -0.15) is 0 Å². The molecule has 0 fully saturated rings. The van der Waals surface area contributed by atoms with Crippen molar-refractivity contribution in [3.05, 3.63) is 41.5 Å². The molecule has 0 spiro atoms. The van der Waals surface area contributed by atoms with Crippen molar-refractivity contribution in [3.8, 4) is 10.4 Å². The third-order valence-corrected chi connectivity index (χ3v) is 3.33. The first-order valence-electron chi connectivity index (χ1n) is 5.48. The maximum absolute atomic E-state index is 11.8. The second-order valence-corrected chi connectivity index (χ2v) is 5.12. The molecule has 0 aromatic carbocycles. The second-order valence-electron chi connectivity index (χ2n) is 4.03. The number of rotatable bonds is 3. The predicted molar refractivity (Wildman–Crippen MR) is 70.2 cm³/mol. The van der Waals surface area contributed by atoms with Crippen LogP contribution in [0.15, 0.2) is 36.7 Å². The van der Waals surface area contributed by atoms with Gasteiger partial charge < -0.3 is 5.32 Å². The zero-order valence-electron chi connectivity index (χ0n) is 9.81. The molecule has 0 saturated heterocycles. The van der Waals surface area contributed by atoms with E-state index in [-0.39, 0.29) is 11.9 Å². The highest BCUT2D eigenvalue weighted by molar-refractivity contribution is 7.17. The molecule has 0 saturated carbocycles. The van der Waals surface area contributed by atoms with E-state index >= 15 is 0 Å². The Morgan fingerprint density at radius 3 is 2.82 bits per heavy atom. The fourth-order valence-corrected chi connectivity index (χ4v) is 2.36. The molecular weight excluding hydrogens is 232 g/mol. The van der Waals surface area contributed by atoms with Crippen molar-refractivity contribution in [1.29, 1.82) is 0 Å². The first-order chi connectivity index (χ1) is 8.16. The molecule has 2 aromatic rings. The van der Waals surface area contributed by atoms with Gasteiger partial charge >= 0.3 is 0 Å². The van der Waals surface area contributed by atoms with Crippen molar-refractivity contribution in [3.63, 3.8) is 0 Å². The zero-order chi connectivity index (χ0) is 12.3. The number of hydrogen-bond acceptors (Lipinski definition) is 3. The maximum Gasteiger partial charge on any atom is 0.261 e. The third kappa shape index (κ3) is 2.91. The van der Waals surface area contributed by atoms with Gasteiger partial charge in [-0.05, 0) is 32.0 Å². The maximum atomic E-state index is 11.8. The van der Waals surface area contributed by atoms with Crippen molar-refractivity contribution < 1.29 is 4.79 Å². The van der Waals surface area contributed by atoms with Crippen LogP contribution in [0.3, 0.4) is 0 Å². The molecular formula is C13H14N2OS. The Hall–Kier alpha value is -1.68. The highest BCUT2D eigenvalue weighted by atomic mass is 32.1. The molecule has 2 heterocycles. The second kappa shape index (κ2) is 5.10. The molecule has 1 amide bonds. The van der Waals surface area contributed by atoms with Gasteiger partial charge in [-0.1, -0.05) is 6.07 Å². The van der Waals surface area contributed by atoms with Crippen LogP contribution in [0, 0.1) is 0 Å². The Bertz CT molecular complexity index is 505. The van der Waals surface area contributed by atoms with Gasteiger partial charge in [-0.25, -0.2) is 0 Å². The van der Waals surface area contributed by atoms with Crippen LogP contribution in [0.2, 0.25) is 0 Å². The Morgan fingerprint density at radius 1 is 1.35 bits per heavy atom. The first-order valence-corrected chi connectivity index (χ1v) is 6.29. The minimum Gasteiger partial charge on any atom is -0.349 e. The Kier molecular flexibility index (Phi) is 3.54. The number of pyridine rings is 1.